The van der Waals surface area contributed by atoms with Crippen molar-refractivity contribution in [1.82, 2.24) is 14.8 Å². The first kappa shape index (κ1) is 18.1. The number of carbonyl (C=O) groups excluding carboxylic acids is 2. The van der Waals surface area contributed by atoms with Crippen LogP contribution in [0.2, 0.25) is 5.02 Å². The maximum Gasteiger partial charge on any atom is 0.358 e. The number of rotatable bonds is 4. The SMILES string of the molecule is COC(=O)c1cc(C(=O)Nc2nc3ccc(Cl)cc3s2)n(-c2ccccc2)n1. The van der Waals surface area contributed by atoms with Crippen LogP contribution >= 0.6 is 22.9 Å². The van der Waals surface area contributed by atoms with E-state index in [2.05, 4.69) is 15.4 Å². The molecule has 28 heavy (non-hydrogen) atoms. The summed E-state index contributed by atoms with van der Waals surface area (Å²) in [6.45, 7) is 0. The molecule has 140 valence electrons. The van der Waals surface area contributed by atoms with Crippen LogP contribution in [0, 0.1) is 0 Å². The van der Waals surface area contributed by atoms with Crippen LogP contribution in [-0.4, -0.2) is 33.8 Å². The summed E-state index contributed by atoms with van der Waals surface area (Å²) in [7, 11) is 1.26. The Morgan fingerprint density at radius 3 is 2.68 bits per heavy atom. The number of carbonyl (C=O) groups is 2. The Bertz CT molecular complexity index is 1190. The Morgan fingerprint density at radius 1 is 1.14 bits per heavy atom. The van der Waals surface area contributed by atoms with Gasteiger partial charge in [-0.2, -0.15) is 5.10 Å². The lowest BCUT2D eigenvalue weighted by Crippen LogP contribution is -2.16. The minimum absolute atomic E-state index is 0.0348. The molecule has 0 radical (unpaired) electrons. The highest BCUT2D eigenvalue weighted by Gasteiger charge is 2.21. The van der Waals surface area contributed by atoms with E-state index in [0.29, 0.717) is 15.8 Å². The number of nitrogens with one attached hydrogen (secondary N) is 1. The van der Waals surface area contributed by atoms with Gasteiger partial charge in [-0.3, -0.25) is 10.1 Å². The zero-order valence-electron chi connectivity index (χ0n) is 14.5. The number of anilines is 1. The summed E-state index contributed by atoms with van der Waals surface area (Å²) in [6, 6.07) is 15.7. The molecule has 2 heterocycles. The fourth-order valence-corrected chi connectivity index (χ4v) is 3.76. The Morgan fingerprint density at radius 2 is 1.93 bits per heavy atom. The van der Waals surface area contributed by atoms with Gasteiger partial charge in [0.25, 0.3) is 5.91 Å². The first-order chi connectivity index (χ1) is 13.5. The predicted octanol–water partition coefficient (Wildman–Crippen LogP) is 4.17. The second-order valence-electron chi connectivity index (χ2n) is 5.74. The van der Waals surface area contributed by atoms with Crippen LogP contribution in [0.1, 0.15) is 21.0 Å². The first-order valence-electron chi connectivity index (χ1n) is 8.16. The molecule has 2 aromatic carbocycles. The highest BCUT2D eigenvalue weighted by atomic mass is 35.5. The first-order valence-corrected chi connectivity index (χ1v) is 9.36. The molecule has 0 saturated heterocycles. The third-order valence-electron chi connectivity index (χ3n) is 3.91. The van der Waals surface area contributed by atoms with Gasteiger partial charge in [0.1, 0.15) is 5.69 Å². The lowest BCUT2D eigenvalue weighted by molar-refractivity contribution is 0.0593. The van der Waals surface area contributed by atoms with Crippen LogP contribution in [0.4, 0.5) is 5.13 Å². The average Bonchev–Trinajstić information content (AvgIpc) is 3.31. The molecule has 4 aromatic rings. The van der Waals surface area contributed by atoms with Crippen molar-refractivity contribution in [2.75, 3.05) is 12.4 Å². The van der Waals surface area contributed by atoms with Crippen LogP contribution in [0.5, 0.6) is 0 Å². The number of benzene rings is 2. The third-order valence-corrected chi connectivity index (χ3v) is 5.08. The summed E-state index contributed by atoms with van der Waals surface area (Å²) < 4.78 is 6.97. The second kappa shape index (κ2) is 7.41. The van der Waals surface area contributed by atoms with Crippen LogP contribution in [-0.2, 0) is 4.74 Å². The number of thiazole rings is 1. The fourth-order valence-electron chi connectivity index (χ4n) is 2.63. The maximum absolute atomic E-state index is 12.9. The molecule has 0 aliphatic heterocycles. The molecule has 0 aliphatic rings. The molecule has 4 rings (SSSR count). The summed E-state index contributed by atoms with van der Waals surface area (Å²) in [6.07, 6.45) is 0. The molecule has 0 atom stereocenters. The number of halogens is 1. The molecule has 1 amide bonds. The van der Waals surface area contributed by atoms with Gasteiger partial charge in [-0.25, -0.2) is 14.5 Å². The predicted molar refractivity (Wildman–Crippen MR) is 107 cm³/mol. The second-order valence-corrected chi connectivity index (χ2v) is 7.21. The lowest BCUT2D eigenvalue weighted by atomic mass is 10.3. The molecule has 0 unspecified atom stereocenters. The van der Waals surface area contributed by atoms with Gasteiger partial charge >= 0.3 is 5.97 Å². The van der Waals surface area contributed by atoms with Gasteiger partial charge in [-0.1, -0.05) is 41.1 Å². The van der Waals surface area contributed by atoms with Crippen molar-refractivity contribution in [2.24, 2.45) is 0 Å². The summed E-state index contributed by atoms with van der Waals surface area (Å²) in [5.41, 5.74) is 1.59. The van der Waals surface area contributed by atoms with Gasteiger partial charge in [-0.05, 0) is 30.3 Å². The minimum Gasteiger partial charge on any atom is -0.464 e. The number of para-hydroxylation sites is 1. The maximum atomic E-state index is 12.9. The van der Waals surface area contributed by atoms with Crippen molar-refractivity contribution < 1.29 is 14.3 Å². The van der Waals surface area contributed by atoms with Crippen LogP contribution < -0.4 is 5.32 Å². The van der Waals surface area contributed by atoms with Crippen molar-refractivity contribution >= 4 is 50.2 Å². The molecule has 0 spiro atoms. The van der Waals surface area contributed by atoms with Crippen molar-refractivity contribution in [3.63, 3.8) is 0 Å². The van der Waals surface area contributed by atoms with E-state index in [1.165, 1.54) is 29.2 Å². The van der Waals surface area contributed by atoms with Gasteiger partial charge < -0.3 is 4.74 Å². The monoisotopic (exact) mass is 412 g/mol. The quantitative estimate of drug-likeness (QED) is 0.508. The Hall–Kier alpha value is -3.23. The van der Waals surface area contributed by atoms with E-state index >= 15 is 0 Å². The zero-order valence-corrected chi connectivity index (χ0v) is 16.1. The molecule has 2 aromatic heterocycles. The summed E-state index contributed by atoms with van der Waals surface area (Å²) in [5, 5.41) is 7.99. The van der Waals surface area contributed by atoms with Crippen LogP contribution in [0.25, 0.3) is 15.9 Å². The number of fused-ring (bicyclic) bond motifs is 1. The van der Waals surface area contributed by atoms with E-state index in [1.807, 2.05) is 18.2 Å². The van der Waals surface area contributed by atoms with Gasteiger partial charge in [-0.15, -0.1) is 0 Å². The van der Waals surface area contributed by atoms with Gasteiger partial charge in [0.05, 0.1) is 23.0 Å². The standard InChI is InChI=1S/C19H13ClN4O3S/c1-27-18(26)14-10-15(24(23-14)12-5-3-2-4-6-12)17(25)22-19-21-13-8-7-11(20)9-16(13)28-19/h2-10H,1H3,(H,21,22,25). The van der Waals surface area contributed by atoms with E-state index in [9.17, 15) is 9.59 Å². The highest BCUT2D eigenvalue weighted by Crippen LogP contribution is 2.28. The minimum atomic E-state index is -0.627. The zero-order chi connectivity index (χ0) is 19.7. The summed E-state index contributed by atoms with van der Waals surface area (Å²) >= 11 is 7.31. The van der Waals surface area contributed by atoms with Gasteiger partial charge in [0, 0.05) is 11.1 Å². The Balaban J connectivity index is 1.71. The van der Waals surface area contributed by atoms with Crippen molar-refractivity contribution in [1.29, 1.82) is 0 Å². The lowest BCUT2D eigenvalue weighted by Gasteiger charge is -2.06. The molecule has 0 fully saturated rings. The van der Waals surface area contributed by atoms with Crippen molar-refractivity contribution in [3.05, 3.63) is 71.0 Å². The molecule has 1 N–H and O–H groups in total. The van der Waals surface area contributed by atoms with E-state index in [1.54, 1.807) is 30.3 Å². The van der Waals surface area contributed by atoms with Gasteiger partial charge in [0.2, 0.25) is 0 Å². The average molecular weight is 413 g/mol. The largest absolute Gasteiger partial charge is 0.464 e. The smallest absolute Gasteiger partial charge is 0.358 e. The van der Waals surface area contributed by atoms with Crippen molar-refractivity contribution in [3.8, 4) is 5.69 Å². The number of hydrogen-bond acceptors (Lipinski definition) is 6. The molecule has 0 bridgehead atoms. The van der Waals surface area contributed by atoms with E-state index in [0.717, 1.165) is 10.2 Å². The number of esters is 1. The molecule has 7 nitrogen and oxygen atoms in total. The number of amides is 1. The number of hydrogen-bond donors (Lipinski definition) is 1. The molecule has 9 heteroatoms. The molecule has 0 saturated carbocycles. The number of nitrogens with zero attached hydrogens (tertiary/aromatic N) is 3. The Kier molecular flexibility index (Phi) is 4.81. The highest BCUT2D eigenvalue weighted by molar-refractivity contribution is 7.22. The summed E-state index contributed by atoms with van der Waals surface area (Å²) in [4.78, 5) is 29.2. The molecular weight excluding hydrogens is 400 g/mol. The normalized spacial score (nSPS) is 10.8. The number of aromatic nitrogens is 3. The summed E-state index contributed by atoms with van der Waals surface area (Å²) in [5.74, 6) is -1.07. The molecular formula is C19H13ClN4O3S. The van der Waals surface area contributed by atoms with E-state index in [-0.39, 0.29) is 11.4 Å². The van der Waals surface area contributed by atoms with E-state index < -0.39 is 11.9 Å². The number of methoxy groups -OCH3 is 1. The Labute approximate surface area is 168 Å². The van der Waals surface area contributed by atoms with Crippen LogP contribution in [0.15, 0.2) is 54.6 Å². The fraction of sp³-hybridized carbons (Fsp3) is 0.0526. The van der Waals surface area contributed by atoms with Crippen LogP contribution in [0.3, 0.4) is 0 Å². The third kappa shape index (κ3) is 3.47. The number of ether oxygens (including phenoxy) is 1. The van der Waals surface area contributed by atoms with Crippen molar-refractivity contribution in [2.45, 2.75) is 0 Å². The molecule has 0 aliphatic carbocycles. The van der Waals surface area contributed by atoms with Gasteiger partial charge in [0.15, 0.2) is 10.8 Å². The topological polar surface area (TPSA) is 86.1 Å². The van der Waals surface area contributed by atoms with E-state index in [4.69, 9.17) is 16.3 Å².